The van der Waals surface area contributed by atoms with Crippen LogP contribution < -0.4 is 0 Å². The first kappa shape index (κ1) is 6.68. The molecule has 0 aromatic heterocycles. The highest BCUT2D eigenvalue weighted by Gasteiger charge is 2.14. The standard InChI is InChI=1S/C6H8O2S/c7-3-5-4-9-2-1-6(5)8/h3,7H,1-2,4H2/b5-3-. The molecule has 0 atom stereocenters. The second-order valence-corrected chi connectivity index (χ2v) is 2.99. The molecule has 0 amide bonds. The van der Waals surface area contributed by atoms with Crippen LogP contribution in [0.3, 0.4) is 0 Å². The van der Waals surface area contributed by atoms with Gasteiger partial charge in [0, 0.05) is 23.5 Å². The summed E-state index contributed by atoms with van der Waals surface area (Å²) >= 11 is 1.68. The molecule has 1 fully saturated rings. The van der Waals surface area contributed by atoms with Crippen LogP contribution in [-0.2, 0) is 4.79 Å². The van der Waals surface area contributed by atoms with E-state index in [0.717, 1.165) is 12.0 Å². The molecule has 0 spiro atoms. The smallest absolute Gasteiger partial charge is 0.163 e. The molecule has 9 heavy (non-hydrogen) atoms. The fourth-order valence-corrected chi connectivity index (χ4v) is 1.63. The van der Waals surface area contributed by atoms with Gasteiger partial charge in [-0.15, -0.1) is 0 Å². The van der Waals surface area contributed by atoms with Crippen molar-refractivity contribution in [3.63, 3.8) is 0 Å². The van der Waals surface area contributed by atoms with Gasteiger partial charge in [-0.3, -0.25) is 4.79 Å². The Balaban J connectivity index is 2.60. The van der Waals surface area contributed by atoms with Gasteiger partial charge < -0.3 is 5.11 Å². The van der Waals surface area contributed by atoms with Crippen LogP contribution in [0.5, 0.6) is 0 Å². The quantitative estimate of drug-likeness (QED) is 0.409. The van der Waals surface area contributed by atoms with Crippen molar-refractivity contribution in [2.45, 2.75) is 6.42 Å². The fraction of sp³-hybridized carbons (Fsp3) is 0.500. The first-order chi connectivity index (χ1) is 4.34. The van der Waals surface area contributed by atoms with E-state index in [1.807, 2.05) is 0 Å². The number of hydrogen-bond donors (Lipinski definition) is 1. The molecule has 3 heteroatoms. The topological polar surface area (TPSA) is 37.3 Å². The summed E-state index contributed by atoms with van der Waals surface area (Å²) < 4.78 is 0. The van der Waals surface area contributed by atoms with Gasteiger partial charge in [0.2, 0.25) is 0 Å². The lowest BCUT2D eigenvalue weighted by Gasteiger charge is -2.09. The molecule has 0 aromatic rings. The fourth-order valence-electron chi connectivity index (χ4n) is 0.697. The van der Waals surface area contributed by atoms with Crippen molar-refractivity contribution in [1.29, 1.82) is 0 Å². The van der Waals surface area contributed by atoms with Gasteiger partial charge in [-0.1, -0.05) is 0 Å². The Kier molecular flexibility index (Phi) is 2.16. The molecule has 0 radical (unpaired) electrons. The van der Waals surface area contributed by atoms with Crippen molar-refractivity contribution >= 4 is 17.5 Å². The second kappa shape index (κ2) is 2.92. The highest BCUT2D eigenvalue weighted by Crippen LogP contribution is 2.17. The average molecular weight is 144 g/mol. The molecule has 0 unspecified atom stereocenters. The van der Waals surface area contributed by atoms with Crippen LogP contribution in [-0.4, -0.2) is 22.4 Å². The van der Waals surface area contributed by atoms with Gasteiger partial charge in [0.05, 0.1) is 6.26 Å². The third-order valence-corrected chi connectivity index (χ3v) is 2.25. The maximum Gasteiger partial charge on any atom is 0.163 e. The Hall–Kier alpha value is -0.440. The van der Waals surface area contributed by atoms with E-state index in [1.165, 1.54) is 0 Å². The molecule has 0 aliphatic carbocycles. The number of carbonyl (C=O) groups excluding carboxylic acids is 1. The van der Waals surface area contributed by atoms with Crippen molar-refractivity contribution in [2.24, 2.45) is 0 Å². The maximum absolute atomic E-state index is 10.8. The van der Waals surface area contributed by atoms with Crippen LogP contribution in [0.15, 0.2) is 11.8 Å². The summed E-state index contributed by atoms with van der Waals surface area (Å²) in [4.78, 5) is 10.8. The molecule has 50 valence electrons. The number of aliphatic hydroxyl groups excluding tert-OH is 1. The highest BCUT2D eigenvalue weighted by atomic mass is 32.2. The number of hydrogen-bond acceptors (Lipinski definition) is 3. The van der Waals surface area contributed by atoms with Crippen molar-refractivity contribution in [1.82, 2.24) is 0 Å². The van der Waals surface area contributed by atoms with Gasteiger partial charge in [0.15, 0.2) is 5.78 Å². The van der Waals surface area contributed by atoms with Crippen molar-refractivity contribution in [3.05, 3.63) is 11.8 Å². The van der Waals surface area contributed by atoms with Crippen molar-refractivity contribution < 1.29 is 9.90 Å². The van der Waals surface area contributed by atoms with Crippen LogP contribution in [0, 0.1) is 0 Å². The van der Waals surface area contributed by atoms with E-state index in [-0.39, 0.29) is 5.78 Å². The van der Waals surface area contributed by atoms with Crippen LogP contribution in [0.25, 0.3) is 0 Å². The summed E-state index contributed by atoms with van der Waals surface area (Å²) in [6.45, 7) is 0. The molecule has 1 aliphatic heterocycles. The van der Waals surface area contributed by atoms with Crippen molar-refractivity contribution in [3.8, 4) is 0 Å². The molecular formula is C6H8O2S. The van der Waals surface area contributed by atoms with Gasteiger partial charge in [0.1, 0.15) is 0 Å². The van der Waals surface area contributed by atoms with E-state index in [0.29, 0.717) is 17.7 Å². The van der Waals surface area contributed by atoms with E-state index in [1.54, 1.807) is 11.8 Å². The summed E-state index contributed by atoms with van der Waals surface area (Å²) in [7, 11) is 0. The molecule has 1 rings (SSSR count). The van der Waals surface area contributed by atoms with E-state index in [2.05, 4.69) is 0 Å². The lowest BCUT2D eigenvalue weighted by atomic mass is 10.2. The minimum Gasteiger partial charge on any atom is -0.515 e. The molecule has 1 saturated heterocycles. The second-order valence-electron chi connectivity index (χ2n) is 1.88. The zero-order valence-corrected chi connectivity index (χ0v) is 5.78. The number of rotatable bonds is 0. The lowest BCUT2D eigenvalue weighted by molar-refractivity contribution is -0.115. The summed E-state index contributed by atoms with van der Waals surface area (Å²) in [5, 5.41) is 8.47. The number of ketones is 1. The average Bonchev–Trinajstić information content (AvgIpc) is 1.89. The minimum absolute atomic E-state index is 0.0938. The van der Waals surface area contributed by atoms with E-state index >= 15 is 0 Å². The van der Waals surface area contributed by atoms with Gasteiger partial charge >= 0.3 is 0 Å². The number of aliphatic hydroxyl groups is 1. The summed E-state index contributed by atoms with van der Waals surface area (Å²) in [5.41, 5.74) is 0.561. The van der Waals surface area contributed by atoms with Gasteiger partial charge in [0.25, 0.3) is 0 Å². The Morgan fingerprint density at radius 1 is 1.67 bits per heavy atom. The molecule has 0 bridgehead atoms. The normalized spacial score (nSPS) is 24.9. The Bertz CT molecular complexity index is 151. The Labute approximate surface area is 57.9 Å². The van der Waals surface area contributed by atoms with Crippen LogP contribution in [0.2, 0.25) is 0 Å². The predicted molar refractivity (Wildman–Crippen MR) is 37.7 cm³/mol. The van der Waals surface area contributed by atoms with Crippen LogP contribution in [0.1, 0.15) is 6.42 Å². The van der Waals surface area contributed by atoms with Crippen LogP contribution in [0.4, 0.5) is 0 Å². The SMILES string of the molecule is O=C1CCSC/C1=C/O. The number of carbonyl (C=O) groups is 1. The van der Waals surface area contributed by atoms with Gasteiger partial charge in [-0.25, -0.2) is 0 Å². The molecule has 1 aliphatic rings. The monoisotopic (exact) mass is 144 g/mol. The molecular weight excluding hydrogens is 136 g/mol. The molecule has 0 saturated carbocycles. The minimum atomic E-state index is 0.0938. The summed E-state index contributed by atoms with van der Waals surface area (Å²) in [6.07, 6.45) is 1.51. The number of thioether (sulfide) groups is 1. The highest BCUT2D eigenvalue weighted by molar-refractivity contribution is 7.99. The third-order valence-electron chi connectivity index (χ3n) is 1.25. The first-order valence-corrected chi connectivity index (χ1v) is 3.94. The van der Waals surface area contributed by atoms with E-state index < -0.39 is 0 Å². The Morgan fingerprint density at radius 3 is 2.89 bits per heavy atom. The number of Topliss-reactive ketones (excluding diaryl/α,β-unsaturated/α-hetero) is 1. The van der Waals surface area contributed by atoms with Gasteiger partial charge in [-0.05, 0) is 0 Å². The first-order valence-electron chi connectivity index (χ1n) is 2.79. The van der Waals surface area contributed by atoms with Gasteiger partial charge in [-0.2, -0.15) is 11.8 Å². The third kappa shape index (κ3) is 1.48. The van der Waals surface area contributed by atoms with E-state index in [9.17, 15) is 4.79 Å². The predicted octanol–water partition coefficient (Wildman–Crippen LogP) is 1.13. The zero-order chi connectivity index (χ0) is 6.69. The van der Waals surface area contributed by atoms with E-state index in [4.69, 9.17) is 5.11 Å². The summed E-state index contributed by atoms with van der Waals surface area (Å²) in [5.74, 6) is 1.67. The molecule has 1 N–H and O–H groups in total. The van der Waals surface area contributed by atoms with Crippen LogP contribution >= 0.6 is 11.8 Å². The molecule has 1 heterocycles. The lowest BCUT2D eigenvalue weighted by Crippen LogP contribution is -2.11. The largest absolute Gasteiger partial charge is 0.515 e. The zero-order valence-electron chi connectivity index (χ0n) is 4.96. The van der Waals surface area contributed by atoms with Crippen molar-refractivity contribution in [2.75, 3.05) is 11.5 Å². The summed E-state index contributed by atoms with van der Waals surface area (Å²) in [6, 6.07) is 0. The Morgan fingerprint density at radius 2 is 2.44 bits per heavy atom. The molecule has 2 nitrogen and oxygen atoms in total. The molecule has 0 aromatic carbocycles. The maximum atomic E-state index is 10.8.